The third kappa shape index (κ3) is 4.50. The molecule has 3 aromatic rings. The van der Waals surface area contributed by atoms with E-state index in [-0.39, 0.29) is 10.6 Å². The molecular weight excluding hydrogens is 400 g/mol. The summed E-state index contributed by atoms with van der Waals surface area (Å²) < 4.78 is 9.48. The Kier molecular flexibility index (Phi) is 6.83. The molecule has 30 heavy (non-hydrogen) atoms. The minimum atomic E-state index is -1.30. The Labute approximate surface area is 178 Å². The van der Waals surface area contributed by atoms with Crippen LogP contribution in [0.5, 0.6) is 0 Å². The molecule has 0 unspecified atom stereocenters. The van der Waals surface area contributed by atoms with Crippen LogP contribution in [-0.4, -0.2) is 36.4 Å². The molecule has 0 aliphatic carbocycles. The number of ether oxygens (including phenoxy) is 2. The Morgan fingerprint density at radius 3 is 1.97 bits per heavy atom. The molecule has 3 rings (SSSR count). The summed E-state index contributed by atoms with van der Waals surface area (Å²) in [6.45, 7) is 0. The van der Waals surface area contributed by atoms with Crippen molar-refractivity contribution >= 4 is 23.7 Å². The molecule has 0 radical (unpaired) electrons. The van der Waals surface area contributed by atoms with Gasteiger partial charge in [0.15, 0.2) is 0 Å². The number of esters is 2. The van der Waals surface area contributed by atoms with Crippen molar-refractivity contribution in [2.24, 2.45) is 0 Å². The zero-order chi connectivity index (χ0) is 21.5. The van der Waals surface area contributed by atoms with Gasteiger partial charge in [-0.25, -0.2) is 4.98 Å². The number of nitrogens with zero attached hydrogens (tertiary/aromatic N) is 2. The van der Waals surface area contributed by atoms with Gasteiger partial charge in [0.1, 0.15) is 11.1 Å². The summed E-state index contributed by atoms with van der Waals surface area (Å²) in [6, 6.07) is 22.9. The minimum Gasteiger partial charge on any atom is -0.468 e. The fourth-order valence-corrected chi connectivity index (χ4v) is 3.87. The minimum absolute atomic E-state index is 0.249. The van der Waals surface area contributed by atoms with E-state index in [0.717, 1.165) is 22.9 Å². The van der Waals surface area contributed by atoms with E-state index in [1.165, 1.54) is 14.2 Å². The van der Waals surface area contributed by atoms with Crippen LogP contribution in [0.2, 0.25) is 0 Å². The Hall–Kier alpha value is -3.63. The number of methoxy groups -OCH3 is 2. The Morgan fingerprint density at radius 1 is 0.933 bits per heavy atom. The summed E-state index contributed by atoms with van der Waals surface area (Å²) in [5, 5.41) is 8.84. The van der Waals surface area contributed by atoms with Crippen LogP contribution in [0, 0.1) is 11.3 Å². The number of thioether (sulfide) groups is 1. The lowest BCUT2D eigenvalue weighted by atomic mass is 9.99. The second-order valence-electron chi connectivity index (χ2n) is 6.12. The van der Waals surface area contributed by atoms with Gasteiger partial charge in [0.05, 0.1) is 25.5 Å². The summed E-state index contributed by atoms with van der Waals surface area (Å²) in [6.07, 6.45) is 0. The average Bonchev–Trinajstić information content (AvgIpc) is 2.82. The smallest absolute Gasteiger partial charge is 0.330 e. The number of carbonyl (C=O) groups excluding carboxylic acids is 2. The number of pyridine rings is 1. The Morgan fingerprint density at radius 2 is 1.47 bits per heavy atom. The second-order valence-corrected chi connectivity index (χ2v) is 7.22. The molecule has 150 valence electrons. The molecule has 0 saturated carbocycles. The fourth-order valence-electron chi connectivity index (χ4n) is 2.84. The SMILES string of the molecule is COC(=O)C(Sc1nc(-c2ccccc2)cc(-c2ccccc2)c1C#N)C(=O)OC. The summed E-state index contributed by atoms with van der Waals surface area (Å²) in [4.78, 5) is 28.9. The van der Waals surface area contributed by atoms with Crippen LogP contribution in [0.4, 0.5) is 0 Å². The maximum absolute atomic E-state index is 12.2. The summed E-state index contributed by atoms with van der Waals surface area (Å²) in [7, 11) is 2.38. The van der Waals surface area contributed by atoms with Gasteiger partial charge in [0.25, 0.3) is 0 Å². The maximum Gasteiger partial charge on any atom is 0.330 e. The van der Waals surface area contributed by atoms with E-state index in [0.29, 0.717) is 11.3 Å². The van der Waals surface area contributed by atoms with Crippen molar-refractivity contribution in [3.8, 4) is 28.5 Å². The lowest BCUT2D eigenvalue weighted by molar-refractivity contribution is -0.150. The van der Waals surface area contributed by atoms with Crippen LogP contribution in [0.3, 0.4) is 0 Å². The Balaban J connectivity index is 2.21. The molecule has 0 saturated heterocycles. The zero-order valence-electron chi connectivity index (χ0n) is 16.4. The highest BCUT2D eigenvalue weighted by molar-refractivity contribution is 8.01. The van der Waals surface area contributed by atoms with E-state index in [1.54, 1.807) is 0 Å². The number of aromatic nitrogens is 1. The molecule has 1 heterocycles. The van der Waals surface area contributed by atoms with Gasteiger partial charge in [-0.15, -0.1) is 0 Å². The third-order valence-corrected chi connectivity index (χ3v) is 5.45. The number of rotatable bonds is 6. The van der Waals surface area contributed by atoms with Crippen molar-refractivity contribution in [2.45, 2.75) is 10.3 Å². The van der Waals surface area contributed by atoms with Crippen molar-refractivity contribution in [2.75, 3.05) is 14.2 Å². The first kappa shape index (κ1) is 21.1. The summed E-state index contributed by atoms with van der Waals surface area (Å²) in [5.74, 6) is -1.55. The molecule has 0 atom stereocenters. The lowest BCUT2D eigenvalue weighted by Crippen LogP contribution is -2.29. The molecule has 0 fully saturated rings. The quantitative estimate of drug-likeness (QED) is 0.338. The average molecular weight is 418 g/mol. The number of carbonyl (C=O) groups is 2. The highest BCUT2D eigenvalue weighted by Crippen LogP contribution is 2.36. The van der Waals surface area contributed by atoms with E-state index < -0.39 is 17.2 Å². The van der Waals surface area contributed by atoms with Crippen LogP contribution in [0.1, 0.15) is 5.56 Å². The molecule has 0 aliphatic heterocycles. The molecule has 0 spiro atoms. The van der Waals surface area contributed by atoms with E-state index in [9.17, 15) is 14.9 Å². The van der Waals surface area contributed by atoms with Crippen LogP contribution >= 0.6 is 11.8 Å². The molecule has 7 heteroatoms. The Bertz CT molecular complexity index is 1080. The standard InChI is InChI=1S/C23H18N2O4S/c1-28-22(26)20(23(27)29-2)30-21-18(14-24)17(15-9-5-3-6-10-15)13-19(25-21)16-11-7-4-8-12-16/h3-13,20H,1-2H3. The number of hydrogen-bond acceptors (Lipinski definition) is 7. The van der Waals surface area contributed by atoms with E-state index in [2.05, 4.69) is 11.1 Å². The van der Waals surface area contributed by atoms with Crippen LogP contribution in [0.25, 0.3) is 22.4 Å². The monoisotopic (exact) mass is 418 g/mol. The molecule has 2 aromatic carbocycles. The van der Waals surface area contributed by atoms with Gasteiger partial charge in [0.2, 0.25) is 5.25 Å². The maximum atomic E-state index is 12.2. The van der Waals surface area contributed by atoms with Crippen molar-refractivity contribution in [3.63, 3.8) is 0 Å². The van der Waals surface area contributed by atoms with E-state index in [1.807, 2.05) is 66.7 Å². The van der Waals surface area contributed by atoms with Gasteiger partial charge in [-0.2, -0.15) is 5.26 Å². The number of benzene rings is 2. The molecule has 0 aliphatic rings. The van der Waals surface area contributed by atoms with Crippen molar-refractivity contribution in [3.05, 3.63) is 72.3 Å². The second kappa shape index (κ2) is 9.72. The van der Waals surface area contributed by atoms with Crippen LogP contribution < -0.4 is 0 Å². The molecule has 6 nitrogen and oxygen atoms in total. The highest BCUT2D eigenvalue weighted by atomic mass is 32.2. The molecular formula is C23H18N2O4S. The van der Waals surface area contributed by atoms with Gasteiger partial charge < -0.3 is 9.47 Å². The molecule has 1 aromatic heterocycles. The summed E-state index contributed by atoms with van der Waals surface area (Å²) in [5.41, 5.74) is 3.20. The van der Waals surface area contributed by atoms with Gasteiger partial charge in [0, 0.05) is 11.1 Å². The predicted octanol–water partition coefficient (Wildman–Crippen LogP) is 4.09. The largest absolute Gasteiger partial charge is 0.468 e. The summed E-state index contributed by atoms with van der Waals surface area (Å²) >= 11 is 0.840. The topological polar surface area (TPSA) is 89.3 Å². The van der Waals surface area contributed by atoms with E-state index in [4.69, 9.17) is 9.47 Å². The van der Waals surface area contributed by atoms with E-state index >= 15 is 0 Å². The first-order valence-corrected chi connectivity index (χ1v) is 9.85. The normalized spacial score (nSPS) is 10.3. The molecule has 0 N–H and O–H groups in total. The fraction of sp³-hybridized carbons (Fsp3) is 0.130. The van der Waals surface area contributed by atoms with Gasteiger partial charge in [-0.3, -0.25) is 9.59 Å². The van der Waals surface area contributed by atoms with Gasteiger partial charge in [-0.05, 0) is 11.6 Å². The third-order valence-electron chi connectivity index (χ3n) is 4.31. The van der Waals surface area contributed by atoms with Crippen molar-refractivity contribution in [1.29, 1.82) is 5.26 Å². The van der Waals surface area contributed by atoms with Crippen molar-refractivity contribution < 1.29 is 19.1 Å². The number of hydrogen-bond donors (Lipinski definition) is 0. The zero-order valence-corrected chi connectivity index (χ0v) is 17.2. The molecule has 0 amide bonds. The van der Waals surface area contributed by atoms with Crippen LogP contribution in [0.15, 0.2) is 71.8 Å². The van der Waals surface area contributed by atoms with Gasteiger partial charge in [-0.1, -0.05) is 72.4 Å². The predicted molar refractivity (Wildman–Crippen MR) is 114 cm³/mol. The van der Waals surface area contributed by atoms with Crippen LogP contribution in [-0.2, 0) is 19.1 Å². The first-order chi connectivity index (χ1) is 14.6. The molecule has 0 bridgehead atoms. The number of nitriles is 1. The first-order valence-electron chi connectivity index (χ1n) is 8.97. The van der Waals surface area contributed by atoms with Crippen molar-refractivity contribution in [1.82, 2.24) is 4.98 Å². The highest BCUT2D eigenvalue weighted by Gasteiger charge is 2.32. The lowest BCUT2D eigenvalue weighted by Gasteiger charge is -2.16. The van der Waals surface area contributed by atoms with Gasteiger partial charge >= 0.3 is 11.9 Å².